The summed E-state index contributed by atoms with van der Waals surface area (Å²) in [5.41, 5.74) is -1.13. The Labute approximate surface area is 136 Å². The molecule has 0 saturated heterocycles. The Hall–Kier alpha value is -2.14. The molecule has 5 heteroatoms. The maximum absolute atomic E-state index is 12.5. The maximum atomic E-state index is 12.5. The predicted octanol–water partition coefficient (Wildman–Crippen LogP) is 3.23. The fourth-order valence-electron chi connectivity index (χ4n) is 2.46. The van der Waals surface area contributed by atoms with Crippen molar-refractivity contribution < 1.29 is 24.9 Å². The summed E-state index contributed by atoms with van der Waals surface area (Å²) in [6, 6.07) is 0. The van der Waals surface area contributed by atoms with Crippen LogP contribution in [-0.2, 0) is 9.59 Å². The lowest BCUT2D eigenvalue weighted by atomic mass is 9.76. The van der Waals surface area contributed by atoms with E-state index in [0.717, 1.165) is 18.1 Å². The Bertz CT molecular complexity index is 636. The van der Waals surface area contributed by atoms with Gasteiger partial charge in [-0.2, -0.15) is 0 Å². The molecular formula is C18H24O5. The van der Waals surface area contributed by atoms with Crippen molar-refractivity contribution in [2.45, 2.75) is 52.1 Å². The van der Waals surface area contributed by atoms with Gasteiger partial charge < -0.3 is 15.3 Å². The van der Waals surface area contributed by atoms with E-state index >= 15 is 0 Å². The van der Waals surface area contributed by atoms with Crippen LogP contribution in [0.3, 0.4) is 0 Å². The molecule has 0 aromatic rings. The molecule has 0 aromatic heterocycles. The molecular weight excluding hydrogens is 296 g/mol. The zero-order valence-electron chi connectivity index (χ0n) is 13.9. The number of Topliss-reactive ketones (excluding diaryl/α,β-unsaturated/α-hetero) is 2. The molecule has 1 aliphatic carbocycles. The van der Waals surface area contributed by atoms with Crippen LogP contribution < -0.4 is 0 Å². The van der Waals surface area contributed by atoms with Crippen molar-refractivity contribution in [3.63, 3.8) is 0 Å². The quantitative estimate of drug-likeness (QED) is 0.494. The van der Waals surface area contributed by atoms with Gasteiger partial charge in [0, 0.05) is 5.57 Å². The van der Waals surface area contributed by atoms with Crippen LogP contribution in [0.1, 0.15) is 46.5 Å². The number of hydrogen-bond acceptors (Lipinski definition) is 5. The van der Waals surface area contributed by atoms with E-state index in [1.807, 2.05) is 0 Å². The van der Waals surface area contributed by atoms with Gasteiger partial charge in [-0.1, -0.05) is 11.1 Å². The number of rotatable bonds is 7. The standard InChI is InChI=1S/C18H24O5/c1-10(2)6-7-13-15(20)14(12(5)19)17(22)18(23,16(13)21)9-8-11(3)4/h20-21,23H,1,3,6-9H2,2,4-5H3. The van der Waals surface area contributed by atoms with Gasteiger partial charge in [0.2, 0.25) is 5.78 Å². The summed E-state index contributed by atoms with van der Waals surface area (Å²) in [5.74, 6) is -2.77. The first-order chi connectivity index (χ1) is 10.5. The van der Waals surface area contributed by atoms with Crippen LogP contribution in [0, 0.1) is 0 Å². The predicted molar refractivity (Wildman–Crippen MR) is 88.0 cm³/mol. The van der Waals surface area contributed by atoms with Crippen LogP contribution >= 0.6 is 0 Å². The molecule has 0 aliphatic heterocycles. The number of allylic oxidation sites excluding steroid dienone is 3. The van der Waals surface area contributed by atoms with Crippen molar-refractivity contribution in [1.82, 2.24) is 0 Å². The summed E-state index contributed by atoms with van der Waals surface area (Å²) in [6.07, 6.45) is 0.811. The molecule has 3 N–H and O–H groups in total. The van der Waals surface area contributed by atoms with Gasteiger partial charge in [0.15, 0.2) is 11.4 Å². The molecule has 0 heterocycles. The van der Waals surface area contributed by atoms with E-state index in [1.165, 1.54) is 0 Å². The summed E-state index contributed by atoms with van der Waals surface area (Å²) in [5, 5.41) is 31.3. The summed E-state index contributed by atoms with van der Waals surface area (Å²) in [6.45, 7) is 12.1. The number of hydrogen-bond donors (Lipinski definition) is 3. The molecule has 1 atom stereocenters. The average Bonchev–Trinajstić information content (AvgIpc) is 2.42. The average molecular weight is 320 g/mol. The summed E-state index contributed by atoms with van der Waals surface area (Å²) < 4.78 is 0. The molecule has 5 nitrogen and oxygen atoms in total. The van der Waals surface area contributed by atoms with Crippen LogP contribution in [0.15, 0.2) is 47.0 Å². The van der Waals surface area contributed by atoms with Crippen LogP contribution in [0.25, 0.3) is 0 Å². The van der Waals surface area contributed by atoms with Crippen LogP contribution in [0.2, 0.25) is 0 Å². The highest BCUT2D eigenvalue weighted by molar-refractivity contribution is 6.24. The minimum Gasteiger partial charge on any atom is -0.508 e. The van der Waals surface area contributed by atoms with Gasteiger partial charge in [-0.3, -0.25) is 9.59 Å². The van der Waals surface area contributed by atoms with Crippen LogP contribution in [0.5, 0.6) is 0 Å². The Balaban J connectivity index is 3.42. The van der Waals surface area contributed by atoms with Crippen molar-refractivity contribution in [2.24, 2.45) is 0 Å². The first kappa shape index (κ1) is 18.9. The fourth-order valence-corrected chi connectivity index (χ4v) is 2.46. The fraction of sp³-hybridized carbons (Fsp3) is 0.444. The lowest BCUT2D eigenvalue weighted by Crippen LogP contribution is -2.46. The van der Waals surface area contributed by atoms with Gasteiger partial charge in [-0.15, -0.1) is 13.2 Å². The summed E-state index contributed by atoms with van der Waals surface area (Å²) in [4.78, 5) is 24.2. The molecule has 23 heavy (non-hydrogen) atoms. The molecule has 0 saturated carbocycles. The van der Waals surface area contributed by atoms with E-state index in [9.17, 15) is 24.9 Å². The zero-order chi connectivity index (χ0) is 17.9. The summed E-state index contributed by atoms with van der Waals surface area (Å²) in [7, 11) is 0. The molecule has 1 aliphatic rings. The molecule has 0 fully saturated rings. The Kier molecular flexibility index (Phi) is 5.72. The normalized spacial score (nSPS) is 21.7. The number of carbonyl (C=O) groups excluding carboxylic acids is 2. The van der Waals surface area contributed by atoms with E-state index in [-0.39, 0.29) is 18.4 Å². The SMILES string of the molecule is C=C(C)CCC1=C(O)C(O)(CCC(=C)C)C(=O)C(C(C)=O)=C1O. The Morgan fingerprint density at radius 2 is 1.61 bits per heavy atom. The molecule has 0 bridgehead atoms. The van der Waals surface area contributed by atoms with E-state index in [1.54, 1.807) is 13.8 Å². The van der Waals surface area contributed by atoms with Gasteiger partial charge in [0.25, 0.3) is 0 Å². The number of ketones is 2. The maximum Gasteiger partial charge on any atom is 0.209 e. The zero-order valence-corrected chi connectivity index (χ0v) is 13.9. The lowest BCUT2D eigenvalue weighted by Gasteiger charge is -2.32. The molecule has 0 amide bonds. The van der Waals surface area contributed by atoms with E-state index in [2.05, 4.69) is 13.2 Å². The van der Waals surface area contributed by atoms with Gasteiger partial charge >= 0.3 is 0 Å². The van der Waals surface area contributed by atoms with Gasteiger partial charge in [0.05, 0.1) is 0 Å². The third-order valence-electron chi connectivity index (χ3n) is 3.87. The van der Waals surface area contributed by atoms with Crippen LogP contribution in [-0.4, -0.2) is 32.5 Å². The number of aliphatic hydroxyl groups excluding tert-OH is 2. The van der Waals surface area contributed by atoms with Gasteiger partial charge in [0.1, 0.15) is 17.1 Å². The molecule has 0 aromatic carbocycles. The number of carbonyl (C=O) groups is 2. The molecule has 0 radical (unpaired) electrons. The highest BCUT2D eigenvalue weighted by Crippen LogP contribution is 2.38. The topological polar surface area (TPSA) is 94.8 Å². The third kappa shape index (κ3) is 3.79. The molecule has 1 unspecified atom stereocenters. The van der Waals surface area contributed by atoms with Gasteiger partial charge in [-0.25, -0.2) is 0 Å². The van der Waals surface area contributed by atoms with Crippen molar-refractivity contribution in [3.05, 3.63) is 47.0 Å². The van der Waals surface area contributed by atoms with Crippen molar-refractivity contribution >= 4 is 11.6 Å². The monoisotopic (exact) mass is 320 g/mol. The smallest absolute Gasteiger partial charge is 0.209 e. The first-order valence-corrected chi connectivity index (χ1v) is 7.45. The second-order valence-corrected chi connectivity index (χ2v) is 6.21. The van der Waals surface area contributed by atoms with Gasteiger partial charge in [-0.05, 0) is 46.5 Å². The van der Waals surface area contributed by atoms with Crippen molar-refractivity contribution in [1.29, 1.82) is 0 Å². The largest absolute Gasteiger partial charge is 0.508 e. The minimum absolute atomic E-state index is 0.0158. The number of aliphatic hydroxyl groups is 3. The summed E-state index contributed by atoms with van der Waals surface area (Å²) >= 11 is 0. The Morgan fingerprint density at radius 1 is 1.09 bits per heavy atom. The van der Waals surface area contributed by atoms with E-state index < -0.39 is 34.3 Å². The minimum atomic E-state index is -2.21. The molecule has 126 valence electrons. The molecule has 1 rings (SSSR count). The van der Waals surface area contributed by atoms with Crippen molar-refractivity contribution in [3.8, 4) is 0 Å². The second-order valence-electron chi connectivity index (χ2n) is 6.21. The Morgan fingerprint density at radius 3 is 2.04 bits per heavy atom. The lowest BCUT2D eigenvalue weighted by molar-refractivity contribution is -0.135. The van der Waals surface area contributed by atoms with E-state index in [0.29, 0.717) is 12.8 Å². The van der Waals surface area contributed by atoms with Crippen molar-refractivity contribution in [2.75, 3.05) is 0 Å². The second kappa shape index (κ2) is 6.96. The highest BCUT2D eigenvalue weighted by Gasteiger charge is 2.49. The molecule has 0 spiro atoms. The van der Waals surface area contributed by atoms with E-state index in [4.69, 9.17) is 0 Å². The third-order valence-corrected chi connectivity index (χ3v) is 3.87. The highest BCUT2D eigenvalue weighted by atomic mass is 16.3. The first-order valence-electron chi connectivity index (χ1n) is 7.45. The van der Waals surface area contributed by atoms with Crippen LogP contribution in [0.4, 0.5) is 0 Å².